The minimum atomic E-state index is -0.268. The molecule has 1 heterocycles. The molecule has 1 aromatic heterocycles. The zero-order valence-corrected chi connectivity index (χ0v) is 12.1. The van der Waals surface area contributed by atoms with Crippen molar-refractivity contribution in [3.63, 3.8) is 0 Å². The lowest BCUT2D eigenvalue weighted by atomic mass is 10.2. The molecule has 110 valence electrons. The number of aryl methyl sites for hydroxylation is 1. The van der Waals surface area contributed by atoms with Crippen LogP contribution in [0.15, 0.2) is 30.3 Å². The molecule has 3 rings (SSSR count). The van der Waals surface area contributed by atoms with Gasteiger partial charge < -0.3 is 10.6 Å². The van der Waals surface area contributed by atoms with Crippen LogP contribution in [0.3, 0.4) is 0 Å². The topological polar surface area (TPSA) is 49.8 Å². The highest BCUT2D eigenvalue weighted by molar-refractivity contribution is 5.57. The molecule has 0 unspecified atom stereocenters. The number of benzene rings is 1. The maximum atomic E-state index is 13.2. The van der Waals surface area contributed by atoms with Gasteiger partial charge in [0, 0.05) is 23.5 Å². The van der Waals surface area contributed by atoms with Crippen LogP contribution in [0.2, 0.25) is 0 Å². The summed E-state index contributed by atoms with van der Waals surface area (Å²) in [5.41, 5.74) is 1.56. The van der Waals surface area contributed by atoms with E-state index in [1.807, 2.05) is 19.1 Å². The average molecular weight is 286 g/mol. The lowest BCUT2D eigenvalue weighted by Crippen LogP contribution is -2.17. The van der Waals surface area contributed by atoms with Gasteiger partial charge in [-0.2, -0.15) is 4.98 Å². The summed E-state index contributed by atoms with van der Waals surface area (Å²) in [5, 5.41) is 6.50. The molecule has 0 radical (unpaired) electrons. The molecule has 1 fully saturated rings. The quantitative estimate of drug-likeness (QED) is 0.891. The van der Waals surface area contributed by atoms with Gasteiger partial charge in [-0.05, 0) is 38.0 Å². The minimum absolute atomic E-state index is 0.268. The molecule has 0 spiro atoms. The summed E-state index contributed by atoms with van der Waals surface area (Å²) < 4.78 is 13.2. The second-order valence-electron chi connectivity index (χ2n) is 5.48. The van der Waals surface area contributed by atoms with Gasteiger partial charge in [0.25, 0.3) is 0 Å². The van der Waals surface area contributed by atoms with Crippen LogP contribution in [0.25, 0.3) is 0 Å². The van der Waals surface area contributed by atoms with Gasteiger partial charge in [0.2, 0.25) is 5.95 Å². The molecular formula is C16H19FN4. The number of hydrogen-bond donors (Lipinski definition) is 2. The Bertz CT molecular complexity index is 623. The van der Waals surface area contributed by atoms with Crippen LogP contribution >= 0.6 is 0 Å². The molecule has 4 nitrogen and oxygen atoms in total. The fraction of sp³-hybridized carbons (Fsp3) is 0.375. The standard InChI is InChI=1S/C16H19FN4/c1-11-9-15(19-14-8-4-5-12(17)10-14)21-16(18-11)20-13-6-2-3-7-13/h4-5,8-10,13H,2-3,6-7H2,1H3,(H2,18,19,20,21). The van der Waals surface area contributed by atoms with E-state index >= 15 is 0 Å². The predicted molar refractivity (Wildman–Crippen MR) is 82.3 cm³/mol. The van der Waals surface area contributed by atoms with Crippen molar-refractivity contribution in [1.82, 2.24) is 9.97 Å². The Labute approximate surface area is 123 Å². The zero-order chi connectivity index (χ0) is 14.7. The Kier molecular flexibility index (Phi) is 3.99. The first-order chi connectivity index (χ1) is 10.2. The summed E-state index contributed by atoms with van der Waals surface area (Å²) in [6.45, 7) is 1.93. The molecule has 0 bridgehead atoms. The van der Waals surface area contributed by atoms with Crippen LogP contribution in [0.4, 0.5) is 21.8 Å². The van der Waals surface area contributed by atoms with Gasteiger partial charge in [-0.25, -0.2) is 9.37 Å². The molecule has 0 atom stereocenters. The van der Waals surface area contributed by atoms with E-state index in [2.05, 4.69) is 20.6 Å². The van der Waals surface area contributed by atoms with Gasteiger partial charge in [0.15, 0.2) is 0 Å². The van der Waals surface area contributed by atoms with E-state index in [-0.39, 0.29) is 5.82 Å². The van der Waals surface area contributed by atoms with Gasteiger partial charge >= 0.3 is 0 Å². The van der Waals surface area contributed by atoms with Crippen molar-refractivity contribution in [3.05, 3.63) is 41.8 Å². The second-order valence-corrected chi connectivity index (χ2v) is 5.48. The fourth-order valence-corrected chi connectivity index (χ4v) is 2.66. The molecule has 0 amide bonds. The van der Waals surface area contributed by atoms with E-state index in [1.165, 1.54) is 37.8 Å². The lowest BCUT2D eigenvalue weighted by Gasteiger charge is -2.14. The van der Waals surface area contributed by atoms with Gasteiger partial charge in [0.05, 0.1) is 0 Å². The third-order valence-corrected chi connectivity index (χ3v) is 3.64. The third kappa shape index (κ3) is 3.68. The van der Waals surface area contributed by atoms with Crippen molar-refractivity contribution in [2.45, 2.75) is 38.6 Å². The van der Waals surface area contributed by atoms with Gasteiger partial charge in [0.1, 0.15) is 11.6 Å². The molecule has 1 aliphatic rings. The molecule has 2 aromatic rings. The normalized spacial score (nSPS) is 15.1. The van der Waals surface area contributed by atoms with Gasteiger partial charge in [-0.15, -0.1) is 0 Å². The molecule has 1 saturated carbocycles. The highest BCUT2D eigenvalue weighted by Crippen LogP contribution is 2.22. The van der Waals surface area contributed by atoms with Crippen molar-refractivity contribution >= 4 is 17.5 Å². The number of anilines is 3. The predicted octanol–water partition coefficient (Wildman–Crippen LogP) is 4.02. The van der Waals surface area contributed by atoms with Crippen molar-refractivity contribution in [2.24, 2.45) is 0 Å². The van der Waals surface area contributed by atoms with Gasteiger partial charge in [-0.1, -0.05) is 18.9 Å². The highest BCUT2D eigenvalue weighted by Gasteiger charge is 2.16. The van der Waals surface area contributed by atoms with E-state index in [4.69, 9.17) is 0 Å². The number of nitrogens with zero attached hydrogens (tertiary/aromatic N) is 2. The van der Waals surface area contributed by atoms with E-state index in [9.17, 15) is 4.39 Å². The fourth-order valence-electron chi connectivity index (χ4n) is 2.66. The number of aromatic nitrogens is 2. The Hall–Kier alpha value is -2.17. The molecule has 0 saturated heterocycles. The Balaban J connectivity index is 1.77. The monoisotopic (exact) mass is 286 g/mol. The molecular weight excluding hydrogens is 267 g/mol. The maximum absolute atomic E-state index is 13.2. The van der Waals surface area contributed by atoms with E-state index in [0.717, 1.165) is 5.69 Å². The Morgan fingerprint density at radius 3 is 2.71 bits per heavy atom. The molecule has 21 heavy (non-hydrogen) atoms. The van der Waals surface area contributed by atoms with E-state index in [0.29, 0.717) is 23.5 Å². The number of halogens is 1. The smallest absolute Gasteiger partial charge is 0.225 e. The van der Waals surface area contributed by atoms with Crippen LogP contribution in [-0.2, 0) is 0 Å². The SMILES string of the molecule is Cc1cc(Nc2cccc(F)c2)nc(NC2CCCC2)n1. The van der Waals surface area contributed by atoms with Crippen molar-refractivity contribution < 1.29 is 4.39 Å². The summed E-state index contributed by atoms with van der Waals surface area (Å²) in [4.78, 5) is 8.89. The molecule has 1 aliphatic carbocycles. The molecule has 2 N–H and O–H groups in total. The van der Waals surface area contributed by atoms with Crippen LogP contribution in [0.1, 0.15) is 31.4 Å². The lowest BCUT2D eigenvalue weighted by molar-refractivity contribution is 0.628. The number of rotatable bonds is 4. The first-order valence-electron chi connectivity index (χ1n) is 7.34. The van der Waals surface area contributed by atoms with Crippen LogP contribution in [0.5, 0.6) is 0 Å². The molecule has 0 aliphatic heterocycles. The third-order valence-electron chi connectivity index (χ3n) is 3.64. The first-order valence-corrected chi connectivity index (χ1v) is 7.34. The Morgan fingerprint density at radius 1 is 1.14 bits per heavy atom. The Morgan fingerprint density at radius 2 is 1.95 bits per heavy atom. The van der Waals surface area contributed by atoms with Gasteiger partial charge in [-0.3, -0.25) is 0 Å². The number of nitrogens with one attached hydrogen (secondary N) is 2. The summed E-state index contributed by atoms with van der Waals surface area (Å²) in [6.07, 6.45) is 4.86. The van der Waals surface area contributed by atoms with Crippen LogP contribution in [0, 0.1) is 12.7 Å². The zero-order valence-electron chi connectivity index (χ0n) is 12.1. The first kappa shape index (κ1) is 13.8. The number of hydrogen-bond acceptors (Lipinski definition) is 4. The van der Waals surface area contributed by atoms with E-state index in [1.54, 1.807) is 6.07 Å². The van der Waals surface area contributed by atoms with Crippen LogP contribution < -0.4 is 10.6 Å². The van der Waals surface area contributed by atoms with Crippen molar-refractivity contribution in [1.29, 1.82) is 0 Å². The highest BCUT2D eigenvalue weighted by atomic mass is 19.1. The molecule has 5 heteroatoms. The summed E-state index contributed by atoms with van der Waals surface area (Å²) >= 11 is 0. The summed E-state index contributed by atoms with van der Waals surface area (Å²) in [6, 6.07) is 8.66. The second kappa shape index (κ2) is 6.08. The van der Waals surface area contributed by atoms with Crippen molar-refractivity contribution in [3.8, 4) is 0 Å². The van der Waals surface area contributed by atoms with E-state index < -0.39 is 0 Å². The van der Waals surface area contributed by atoms with Crippen LogP contribution in [-0.4, -0.2) is 16.0 Å². The summed E-state index contributed by atoms with van der Waals surface area (Å²) in [5.74, 6) is 1.05. The largest absolute Gasteiger partial charge is 0.351 e. The maximum Gasteiger partial charge on any atom is 0.225 e. The van der Waals surface area contributed by atoms with Crippen molar-refractivity contribution in [2.75, 3.05) is 10.6 Å². The summed E-state index contributed by atoms with van der Waals surface area (Å²) in [7, 11) is 0. The molecule has 1 aromatic carbocycles. The minimum Gasteiger partial charge on any atom is -0.351 e. The average Bonchev–Trinajstić information content (AvgIpc) is 2.90.